The van der Waals surface area contributed by atoms with Crippen LogP contribution < -0.4 is 9.64 Å². The maximum Gasteiger partial charge on any atom is 0.316 e. The molecule has 5 nitrogen and oxygen atoms in total. The first-order chi connectivity index (χ1) is 10.0. The predicted octanol–water partition coefficient (Wildman–Crippen LogP) is 1.92. The van der Waals surface area contributed by atoms with Crippen LogP contribution in [-0.4, -0.2) is 43.0 Å². The van der Waals surface area contributed by atoms with E-state index in [1.165, 1.54) is 4.90 Å². The first-order valence-corrected chi connectivity index (χ1v) is 7.36. The SMILES string of the molecule is CCOc1ccc(N2CCN(CC(C)C)C(=O)C2=O)cc1. The molecule has 1 aliphatic rings. The first-order valence-electron chi connectivity index (χ1n) is 7.36. The zero-order chi connectivity index (χ0) is 15.4. The van der Waals surface area contributed by atoms with E-state index in [-0.39, 0.29) is 0 Å². The molecule has 1 heterocycles. The number of amides is 2. The summed E-state index contributed by atoms with van der Waals surface area (Å²) in [6.45, 7) is 8.34. The molecule has 0 N–H and O–H groups in total. The molecule has 1 saturated heterocycles. The largest absolute Gasteiger partial charge is 0.494 e. The van der Waals surface area contributed by atoms with Crippen molar-refractivity contribution >= 4 is 17.5 Å². The third kappa shape index (κ3) is 3.54. The Morgan fingerprint density at radius 1 is 1.10 bits per heavy atom. The molecular formula is C16H22N2O3. The third-order valence-electron chi connectivity index (χ3n) is 3.35. The number of benzene rings is 1. The van der Waals surface area contributed by atoms with Crippen molar-refractivity contribution in [2.75, 3.05) is 31.1 Å². The Bertz CT molecular complexity index is 511. The van der Waals surface area contributed by atoms with Crippen molar-refractivity contribution in [3.63, 3.8) is 0 Å². The molecule has 1 fully saturated rings. The van der Waals surface area contributed by atoms with E-state index >= 15 is 0 Å². The van der Waals surface area contributed by atoms with Gasteiger partial charge in [0.2, 0.25) is 0 Å². The molecule has 1 aromatic rings. The van der Waals surface area contributed by atoms with Crippen molar-refractivity contribution < 1.29 is 14.3 Å². The van der Waals surface area contributed by atoms with Crippen LogP contribution in [0.3, 0.4) is 0 Å². The molecule has 21 heavy (non-hydrogen) atoms. The summed E-state index contributed by atoms with van der Waals surface area (Å²) in [6.07, 6.45) is 0. The lowest BCUT2D eigenvalue weighted by Gasteiger charge is -2.34. The van der Waals surface area contributed by atoms with E-state index in [9.17, 15) is 9.59 Å². The third-order valence-corrected chi connectivity index (χ3v) is 3.35. The first kappa shape index (κ1) is 15.4. The average Bonchev–Trinajstić information content (AvgIpc) is 2.45. The molecule has 1 aliphatic heterocycles. The minimum atomic E-state index is -0.453. The Kier molecular flexibility index (Phi) is 4.83. The van der Waals surface area contributed by atoms with Crippen molar-refractivity contribution in [1.29, 1.82) is 0 Å². The number of carbonyl (C=O) groups excluding carboxylic acids is 2. The van der Waals surface area contributed by atoms with Gasteiger partial charge in [0.25, 0.3) is 0 Å². The maximum absolute atomic E-state index is 12.2. The number of carbonyl (C=O) groups is 2. The fourth-order valence-corrected chi connectivity index (χ4v) is 2.42. The lowest BCUT2D eigenvalue weighted by molar-refractivity contribution is -0.146. The van der Waals surface area contributed by atoms with Gasteiger partial charge < -0.3 is 14.5 Å². The summed E-state index contributed by atoms with van der Waals surface area (Å²) in [5, 5.41) is 0. The van der Waals surface area contributed by atoms with Gasteiger partial charge in [-0.25, -0.2) is 0 Å². The van der Waals surface area contributed by atoms with E-state index < -0.39 is 11.8 Å². The smallest absolute Gasteiger partial charge is 0.316 e. The summed E-state index contributed by atoms with van der Waals surface area (Å²) in [7, 11) is 0. The molecule has 2 amide bonds. The van der Waals surface area contributed by atoms with Gasteiger partial charge in [0.15, 0.2) is 0 Å². The zero-order valence-electron chi connectivity index (χ0n) is 12.8. The van der Waals surface area contributed by atoms with Crippen molar-refractivity contribution in [2.45, 2.75) is 20.8 Å². The molecule has 2 rings (SSSR count). The fourth-order valence-electron chi connectivity index (χ4n) is 2.42. The molecule has 0 radical (unpaired) electrons. The minimum absolute atomic E-state index is 0.360. The van der Waals surface area contributed by atoms with Gasteiger partial charge in [-0.05, 0) is 37.1 Å². The van der Waals surface area contributed by atoms with Crippen LogP contribution in [0.25, 0.3) is 0 Å². The van der Waals surface area contributed by atoms with Crippen molar-refractivity contribution in [3.8, 4) is 5.75 Å². The van der Waals surface area contributed by atoms with Gasteiger partial charge in [-0.3, -0.25) is 9.59 Å². The van der Waals surface area contributed by atoms with E-state index in [1.807, 2.05) is 45.0 Å². The van der Waals surface area contributed by atoms with E-state index in [1.54, 1.807) is 4.90 Å². The number of piperazine rings is 1. The van der Waals surface area contributed by atoms with E-state index in [2.05, 4.69) is 0 Å². The lowest BCUT2D eigenvalue weighted by Crippen LogP contribution is -2.55. The average molecular weight is 290 g/mol. The highest BCUT2D eigenvalue weighted by atomic mass is 16.5. The molecule has 0 atom stereocenters. The van der Waals surface area contributed by atoms with Gasteiger partial charge in [-0.15, -0.1) is 0 Å². The molecule has 0 aromatic heterocycles. The van der Waals surface area contributed by atoms with Crippen molar-refractivity contribution in [1.82, 2.24) is 4.90 Å². The molecule has 5 heteroatoms. The quantitative estimate of drug-likeness (QED) is 0.778. The van der Waals surface area contributed by atoms with Crippen LogP contribution in [0.5, 0.6) is 5.75 Å². The molecule has 0 unspecified atom stereocenters. The van der Waals surface area contributed by atoms with E-state index in [0.29, 0.717) is 32.2 Å². The Hall–Kier alpha value is -2.04. The summed E-state index contributed by atoms with van der Waals surface area (Å²) in [5.41, 5.74) is 0.737. The van der Waals surface area contributed by atoms with Gasteiger partial charge in [0.05, 0.1) is 6.61 Å². The maximum atomic E-state index is 12.2. The van der Waals surface area contributed by atoms with Crippen LogP contribution in [-0.2, 0) is 9.59 Å². The molecule has 0 bridgehead atoms. The normalized spacial score (nSPS) is 15.8. The van der Waals surface area contributed by atoms with Crippen molar-refractivity contribution in [3.05, 3.63) is 24.3 Å². The Morgan fingerprint density at radius 3 is 2.33 bits per heavy atom. The Morgan fingerprint density at radius 2 is 1.76 bits per heavy atom. The van der Waals surface area contributed by atoms with Gasteiger partial charge in [-0.1, -0.05) is 13.8 Å². The highest BCUT2D eigenvalue weighted by molar-refractivity contribution is 6.40. The predicted molar refractivity (Wildman–Crippen MR) is 81.4 cm³/mol. The summed E-state index contributed by atoms with van der Waals surface area (Å²) in [6, 6.07) is 7.26. The molecule has 0 spiro atoms. The van der Waals surface area contributed by atoms with Crippen LogP contribution in [0.15, 0.2) is 24.3 Å². The molecule has 0 saturated carbocycles. The number of nitrogens with zero attached hydrogens (tertiary/aromatic N) is 2. The van der Waals surface area contributed by atoms with Gasteiger partial charge in [0, 0.05) is 25.3 Å². The van der Waals surface area contributed by atoms with Crippen LogP contribution >= 0.6 is 0 Å². The second-order valence-corrected chi connectivity index (χ2v) is 5.53. The number of hydrogen-bond donors (Lipinski definition) is 0. The Balaban J connectivity index is 2.08. The number of rotatable bonds is 5. The zero-order valence-corrected chi connectivity index (χ0v) is 12.8. The topological polar surface area (TPSA) is 49.9 Å². The fraction of sp³-hybridized carbons (Fsp3) is 0.500. The minimum Gasteiger partial charge on any atom is -0.494 e. The van der Waals surface area contributed by atoms with Gasteiger partial charge in [0.1, 0.15) is 5.75 Å². The Labute approximate surface area is 125 Å². The summed E-state index contributed by atoms with van der Waals surface area (Å²) in [5.74, 6) is 0.257. The number of hydrogen-bond acceptors (Lipinski definition) is 3. The van der Waals surface area contributed by atoms with Crippen LogP contribution in [0.4, 0.5) is 5.69 Å². The highest BCUT2D eigenvalue weighted by Crippen LogP contribution is 2.22. The highest BCUT2D eigenvalue weighted by Gasteiger charge is 2.33. The second kappa shape index (κ2) is 6.61. The standard InChI is InChI=1S/C16H22N2O3/c1-4-21-14-7-5-13(6-8-14)18-10-9-17(11-12(2)3)15(19)16(18)20/h5-8,12H,4,9-11H2,1-3H3. The molecular weight excluding hydrogens is 268 g/mol. The molecule has 114 valence electrons. The number of ether oxygens (including phenoxy) is 1. The summed E-state index contributed by atoms with van der Waals surface area (Å²) < 4.78 is 5.38. The van der Waals surface area contributed by atoms with E-state index in [0.717, 1.165) is 11.4 Å². The summed E-state index contributed by atoms with van der Waals surface area (Å²) in [4.78, 5) is 27.5. The second-order valence-electron chi connectivity index (χ2n) is 5.53. The number of anilines is 1. The van der Waals surface area contributed by atoms with Crippen LogP contribution in [0, 0.1) is 5.92 Å². The molecule has 0 aliphatic carbocycles. The molecule has 1 aromatic carbocycles. The van der Waals surface area contributed by atoms with Gasteiger partial charge >= 0.3 is 11.8 Å². The summed E-state index contributed by atoms with van der Waals surface area (Å²) >= 11 is 0. The van der Waals surface area contributed by atoms with E-state index in [4.69, 9.17) is 4.74 Å². The van der Waals surface area contributed by atoms with Crippen LogP contribution in [0.1, 0.15) is 20.8 Å². The van der Waals surface area contributed by atoms with Gasteiger partial charge in [-0.2, -0.15) is 0 Å². The lowest BCUT2D eigenvalue weighted by atomic mass is 10.1. The monoisotopic (exact) mass is 290 g/mol. The van der Waals surface area contributed by atoms with Crippen molar-refractivity contribution in [2.24, 2.45) is 5.92 Å². The van der Waals surface area contributed by atoms with Crippen LogP contribution in [0.2, 0.25) is 0 Å².